The van der Waals surface area contributed by atoms with E-state index in [4.69, 9.17) is 21.7 Å². The van der Waals surface area contributed by atoms with Gasteiger partial charge in [0.15, 0.2) is 5.11 Å². The third kappa shape index (κ3) is 7.24. The average Bonchev–Trinajstić information content (AvgIpc) is 2.87. The first kappa shape index (κ1) is 25.1. The van der Waals surface area contributed by atoms with Crippen molar-refractivity contribution in [1.82, 2.24) is 15.2 Å². The predicted octanol–water partition coefficient (Wildman–Crippen LogP) is 4.10. The molecule has 4 rings (SSSR count). The number of thiocarbonyl (C=S) groups is 1. The lowest BCUT2D eigenvalue weighted by molar-refractivity contribution is -0.119. The molecule has 0 saturated carbocycles. The Labute approximate surface area is 214 Å². The molecule has 186 valence electrons. The molecule has 10 heteroatoms. The van der Waals surface area contributed by atoms with Gasteiger partial charge in [0.2, 0.25) is 5.91 Å². The highest BCUT2D eigenvalue weighted by Crippen LogP contribution is 2.28. The van der Waals surface area contributed by atoms with E-state index in [9.17, 15) is 9.59 Å². The maximum absolute atomic E-state index is 12.4. The molecule has 9 nitrogen and oxygen atoms in total. The van der Waals surface area contributed by atoms with Crippen LogP contribution in [-0.2, 0) is 16.0 Å². The van der Waals surface area contributed by atoms with Crippen LogP contribution in [0.3, 0.4) is 0 Å². The number of morpholine rings is 1. The highest BCUT2D eigenvalue weighted by molar-refractivity contribution is 7.80. The van der Waals surface area contributed by atoms with Crippen LogP contribution in [0.4, 0.5) is 16.3 Å². The molecule has 1 aliphatic rings. The van der Waals surface area contributed by atoms with Crippen molar-refractivity contribution < 1.29 is 19.1 Å². The number of amides is 3. The first-order valence-electron chi connectivity index (χ1n) is 11.5. The van der Waals surface area contributed by atoms with E-state index in [0.717, 1.165) is 16.8 Å². The van der Waals surface area contributed by atoms with Gasteiger partial charge in [0.25, 0.3) is 0 Å². The molecule has 2 heterocycles. The number of pyridine rings is 1. The van der Waals surface area contributed by atoms with Gasteiger partial charge in [-0.2, -0.15) is 0 Å². The Morgan fingerprint density at radius 2 is 1.83 bits per heavy atom. The third-order valence-electron chi connectivity index (χ3n) is 5.39. The summed E-state index contributed by atoms with van der Waals surface area (Å²) >= 11 is 5.28. The number of aryl methyl sites for hydroxylation is 1. The molecule has 1 fully saturated rings. The summed E-state index contributed by atoms with van der Waals surface area (Å²) in [6, 6.07) is 18.1. The summed E-state index contributed by atoms with van der Waals surface area (Å²) in [6.45, 7) is 4.04. The molecular formula is C26H27N5O4S. The minimum absolute atomic E-state index is 0.190. The number of carbonyl (C=O) groups excluding carboxylic acids is 2. The molecule has 3 N–H and O–H groups in total. The second-order valence-corrected chi connectivity index (χ2v) is 8.56. The summed E-state index contributed by atoms with van der Waals surface area (Å²) in [5.41, 5.74) is 2.49. The standard InChI is InChI=1S/C26H27N5O4S/c1-18-15-20(28-25(36)30-24(32)16-19-5-3-2-4-6-19)7-8-22(18)35-21-9-10-27-23(17-21)29-26(33)31-11-13-34-14-12-31/h2-10,15,17H,11-14,16H2,1H3,(H,27,29,33)(H2,28,30,32,36). The molecule has 1 aromatic heterocycles. The van der Waals surface area contributed by atoms with Gasteiger partial charge in [-0.25, -0.2) is 9.78 Å². The van der Waals surface area contributed by atoms with E-state index < -0.39 is 0 Å². The van der Waals surface area contributed by atoms with Crippen molar-refractivity contribution in [2.45, 2.75) is 13.3 Å². The number of anilines is 2. The highest BCUT2D eigenvalue weighted by atomic mass is 32.1. The van der Waals surface area contributed by atoms with E-state index in [1.807, 2.05) is 43.3 Å². The van der Waals surface area contributed by atoms with Crippen LogP contribution in [0.1, 0.15) is 11.1 Å². The number of benzene rings is 2. The lowest BCUT2D eigenvalue weighted by atomic mass is 10.1. The number of urea groups is 1. The van der Waals surface area contributed by atoms with E-state index in [-0.39, 0.29) is 23.5 Å². The maximum atomic E-state index is 12.4. The number of aromatic nitrogens is 1. The summed E-state index contributed by atoms with van der Waals surface area (Å²) in [5.74, 6) is 1.38. The van der Waals surface area contributed by atoms with E-state index in [1.54, 1.807) is 35.4 Å². The second-order valence-electron chi connectivity index (χ2n) is 8.15. The lowest BCUT2D eigenvalue weighted by Gasteiger charge is -2.26. The van der Waals surface area contributed by atoms with Gasteiger partial charge >= 0.3 is 6.03 Å². The Morgan fingerprint density at radius 1 is 1.06 bits per heavy atom. The van der Waals surface area contributed by atoms with Crippen molar-refractivity contribution in [3.8, 4) is 11.5 Å². The van der Waals surface area contributed by atoms with Crippen LogP contribution in [-0.4, -0.2) is 53.2 Å². The van der Waals surface area contributed by atoms with Gasteiger partial charge < -0.3 is 25.0 Å². The zero-order chi connectivity index (χ0) is 25.3. The zero-order valence-electron chi connectivity index (χ0n) is 19.8. The lowest BCUT2D eigenvalue weighted by Crippen LogP contribution is -2.43. The Morgan fingerprint density at radius 3 is 2.58 bits per heavy atom. The van der Waals surface area contributed by atoms with E-state index in [1.165, 1.54) is 0 Å². The van der Waals surface area contributed by atoms with Crippen LogP contribution in [0.5, 0.6) is 11.5 Å². The fourth-order valence-electron chi connectivity index (χ4n) is 3.58. The van der Waals surface area contributed by atoms with Gasteiger partial charge in [0.1, 0.15) is 17.3 Å². The van der Waals surface area contributed by atoms with Gasteiger partial charge in [-0.05, 0) is 54.5 Å². The quantitative estimate of drug-likeness (QED) is 0.433. The van der Waals surface area contributed by atoms with Crippen molar-refractivity contribution >= 4 is 40.8 Å². The molecule has 1 aliphatic heterocycles. The Balaban J connectivity index is 1.31. The van der Waals surface area contributed by atoms with Gasteiger partial charge in [0.05, 0.1) is 19.6 Å². The topological polar surface area (TPSA) is 105 Å². The Kier molecular flexibility index (Phi) is 8.43. The van der Waals surface area contributed by atoms with E-state index in [0.29, 0.717) is 43.6 Å². The number of hydrogen-bond acceptors (Lipinski definition) is 6. The zero-order valence-corrected chi connectivity index (χ0v) is 20.6. The van der Waals surface area contributed by atoms with Gasteiger partial charge in [-0.15, -0.1) is 0 Å². The molecule has 0 unspecified atom stereocenters. The fourth-order valence-corrected chi connectivity index (χ4v) is 3.81. The number of nitrogens with zero attached hydrogens (tertiary/aromatic N) is 2. The number of ether oxygens (including phenoxy) is 2. The van der Waals surface area contributed by atoms with Crippen molar-refractivity contribution in [1.29, 1.82) is 0 Å². The Bertz CT molecular complexity index is 1230. The monoisotopic (exact) mass is 505 g/mol. The average molecular weight is 506 g/mol. The van der Waals surface area contributed by atoms with Crippen LogP contribution in [0.25, 0.3) is 0 Å². The summed E-state index contributed by atoms with van der Waals surface area (Å²) in [7, 11) is 0. The molecule has 1 saturated heterocycles. The summed E-state index contributed by atoms with van der Waals surface area (Å²) in [5, 5.41) is 8.74. The molecule has 0 atom stereocenters. The van der Waals surface area contributed by atoms with Crippen LogP contribution in [0.2, 0.25) is 0 Å². The number of nitrogens with one attached hydrogen (secondary N) is 3. The summed E-state index contributed by atoms with van der Waals surface area (Å²) in [4.78, 5) is 30.5. The normalized spacial score (nSPS) is 13.0. The largest absolute Gasteiger partial charge is 0.457 e. The van der Waals surface area contributed by atoms with Gasteiger partial charge in [-0.1, -0.05) is 30.3 Å². The second kappa shape index (κ2) is 12.1. The predicted molar refractivity (Wildman–Crippen MR) is 141 cm³/mol. The molecule has 0 bridgehead atoms. The maximum Gasteiger partial charge on any atom is 0.323 e. The van der Waals surface area contributed by atoms with Crippen molar-refractivity contribution in [3.05, 3.63) is 78.0 Å². The van der Waals surface area contributed by atoms with E-state index in [2.05, 4.69) is 20.9 Å². The summed E-state index contributed by atoms with van der Waals surface area (Å²) in [6.07, 6.45) is 1.82. The molecule has 3 aromatic rings. The number of rotatable bonds is 6. The van der Waals surface area contributed by atoms with Crippen molar-refractivity contribution in [3.63, 3.8) is 0 Å². The first-order valence-corrected chi connectivity index (χ1v) is 11.9. The Hall–Kier alpha value is -4.02. The van der Waals surface area contributed by atoms with Crippen LogP contribution in [0.15, 0.2) is 66.9 Å². The first-order chi connectivity index (χ1) is 17.5. The van der Waals surface area contributed by atoms with Crippen LogP contribution < -0.4 is 20.7 Å². The van der Waals surface area contributed by atoms with Crippen molar-refractivity contribution in [2.24, 2.45) is 0 Å². The molecule has 3 amide bonds. The molecule has 0 aliphatic carbocycles. The fraction of sp³-hybridized carbons (Fsp3) is 0.231. The molecule has 0 radical (unpaired) electrons. The van der Waals surface area contributed by atoms with Gasteiger partial charge in [0, 0.05) is 31.0 Å². The van der Waals surface area contributed by atoms with Crippen molar-refractivity contribution in [2.75, 3.05) is 36.9 Å². The third-order valence-corrected chi connectivity index (χ3v) is 5.59. The summed E-state index contributed by atoms with van der Waals surface area (Å²) < 4.78 is 11.3. The smallest absolute Gasteiger partial charge is 0.323 e. The highest BCUT2D eigenvalue weighted by Gasteiger charge is 2.17. The molecular weight excluding hydrogens is 478 g/mol. The SMILES string of the molecule is Cc1cc(NC(=S)NC(=O)Cc2ccccc2)ccc1Oc1ccnc(NC(=O)N2CCOCC2)c1. The minimum atomic E-state index is -0.221. The van der Waals surface area contributed by atoms with Crippen LogP contribution in [0, 0.1) is 6.92 Å². The van der Waals surface area contributed by atoms with Gasteiger partial charge in [-0.3, -0.25) is 10.1 Å². The molecule has 36 heavy (non-hydrogen) atoms. The number of hydrogen-bond donors (Lipinski definition) is 3. The van der Waals surface area contributed by atoms with E-state index >= 15 is 0 Å². The molecule has 2 aromatic carbocycles. The molecule has 0 spiro atoms. The number of carbonyl (C=O) groups is 2. The minimum Gasteiger partial charge on any atom is -0.457 e. The van der Waals surface area contributed by atoms with Crippen LogP contribution >= 0.6 is 12.2 Å².